The number of hydrogen-bond acceptors (Lipinski definition) is 2. The highest BCUT2D eigenvalue weighted by Gasteiger charge is 2.24. The van der Waals surface area contributed by atoms with E-state index in [2.05, 4.69) is 31.9 Å². The normalized spacial score (nSPS) is 20.2. The van der Waals surface area contributed by atoms with E-state index in [-0.39, 0.29) is 11.9 Å². The SMILES string of the molecule is N[C@@H]1CCN(C(=O)c2cc(Br)cc(Br)c2)C1. The lowest BCUT2D eigenvalue weighted by molar-refractivity contribution is 0.0790. The Morgan fingerprint density at radius 2 is 1.94 bits per heavy atom. The van der Waals surface area contributed by atoms with E-state index >= 15 is 0 Å². The summed E-state index contributed by atoms with van der Waals surface area (Å²) in [5.74, 6) is 0.0509. The highest BCUT2D eigenvalue weighted by molar-refractivity contribution is 9.11. The molecular formula is C11H12Br2N2O. The minimum Gasteiger partial charge on any atom is -0.337 e. The molecule has 5 heteroatoms. The fourth-order valence-corrected chi connectivity index (χ4v) is 3.13. The number of carbonyl (C=O) groups excluding carboxylic acids is 1. The molecule has 1 saturated heterocycles. The average Bonchev–Trinajstić information content (AvgIpc) is 2.62. The first-order chi connectivity index (χ1) is 7.56. The second-order valence-corrected chi connectivity index (χ2v) is 5.79. The van der Waals surface area contributed by atoms with E-state index in [1.54, 1.807) is 4.90 Å². The summed E-state index contributed by atoms with van der Waals surface area (Å²) in [5, 5.41) is 0. The summed E-state index contributed by atoms with van der Waals surface area (Å²) in [6.45, 7) is 1.41. The van der Waals surface area contributed by atoms with Gasteiger partial charge in [-0.15, -0.1) is 0 Å². The van der Waals surface area contributed by atoms with Crippen molar-refractivity contribution in [2.24, 2.45) is 5.73 Å². The van der Waals surface area contributed by atoms with Crippen LogP contribution in [0, 0.1) is 0 Å². The van der Waals surface area contributed by atoms with Gasteiger partial charge in [-0.25, -0.2) is 0 Å². The topological polar surface area (TPSA) is 46.3 Å². The number of hydrogen-bond donors (Lipinski definition) is 1. The van der Waals surface area contributed by atoms with Gasteiger partial charge in [0.15, 0.2) is 0 Å². The van der Waals surface area contributed by atoms with E-state index in [0.29, 0.717) is 12.1 Å². The van der Waals surface area contributed by atoms with Crippen LogP contribution in [0.1, 0.15) is 16.8 Å². The van der Waals surface area contributed by atoms with Gasteiger partial charge in [-0.3, -0.25) is 4.79 Å². The summed E-state index contributed by atoms with van der Waals surface area (Å²) in [6, 6.07) is 5.69. The van der Waals surface area contributed by atoms with Crippen molar-refractivity contribution < 1.29 is 4.79 Å². The summed E-state index contributed by atoms with van der Waals surface area (Å²) in [5.41, 5.74) is 6.48. The molecule has 86 valence electrons. The van der Waals surface area contributed by atoms with E-state index in [1.165, 1.54) is 0 Å². The highest BCUT2D eigenvalue weighted by Crippen LogP contribution is 2.22. The lowest BCUT2D eigenvalue weighted by Crippen LogP contribution is -2.31. The Bertz CT molecular complexity index is 402. The Labute approximate surface area is 111 Å². The third kappa shape index (κ3) is 2.64. The second kappa shape index (κ2) is 4.85. The molecule has 1 aliphatic rings. The predicted octanol–water partition coefficient (Wildman–Crippen LogP) is 2.38. The van der Waals surface area contributed by atoms with Crippen molar-refractivity contribution in [3.05, 3.63) is 32.7 Å². The van der Waals surface area contributed by atoms with Crippen LogP contribution in [0.15, 0.2) is 27.1 Å². The lowest BCUT2D eigenvalue weighted by atomic mass is 10.2. The van der Waals surface area contributed by atoms with Gasteiger partial charge in [0, 0.05) is 33.6 Å². The standard InChI is InChI=1S/C11H12Br2N2O/c12-8-3-7(4-9(13)5-8)11(16)15-2-1-10(14)6-15/h3-5,10H,1-2,6,14H2/t10-/m1/s1. The molecule has 16 heavy (non-hydrogen) atoms. The molecule has 2 rings (SSSR count). The zero-order valence-corrected chi connectivity index (χ0v) is 11.8. The summed E-state index contributed by atoms with van der Waals surface area (Å²) in [6.07, 6.45) is 0.890. The molecule has 0 aromatic heterocycles. The van der Waals surface area contributed by atoms with Crippen molar-refractivity contribution in [2.45, 2.75) is 12.5 Å². The molecule has 1 aromatic carbocycles. The fraction of sp³-hybridized carbons (Fsp3) is 0.364. The Morgan fingerprint density at radius 3 is 2.44 bits per heavy atom. The van der Waals surface area contributed by atoms with E-state index in [0.717, 1.165) is 21.9 Å². The van der Waals surface area contributed by atoms with Gasteiger partial charge < -0.3 is 10.6 Å². The molecule has 3 nitrogen and oxygen atoms in total. The molecule has 1 fully saturated rings. The minimum absolute atomic E-state index is 0.0509. The zero-order chi connectivity index (χ0) is 11.7. The molecule has 0 spiro atoms. The van der Waals surface area contributed by atoms with Gasteiger partial charge in [-0.05, 0) is 24.6 Å². The first kappa shape index (κ1) is 12.1. The van der Waals surface area contributed by atoms with E-state index in [4.69, 9.17) is 5.73 Å². The van der Waals surface area contributed by atoms with Gasteiger partial charge in [0.25, 0.3) is 5.91 Å². The number of benzene rings is 1. The summed E-state index contributed by atoms with van der Waals surface area (Å²) >= 11 is 6.75. The molecule has 1 aliphatic heterocycles. The van der Waals surface area contributed by atoms with Crippen molar-refractivity contribution >= 4 is 37.8 Å². The molecule has 0 aliphatic carbocycles. The summed E-state index contributed by atoms with van der Waals surface area (Å²) < 4.78 is 1.79. The lowest BCUT2D eigenvalue weighted by Gasteiger charge is -2.16. The number of nitrogens with zero attached hydrogens (tertiary/aromatic N) is 1. The molecule has 1 aromatic rings. The maximum absolute atomic E-state index is 12.1. The van der Waals surface area contributed by atoms with Crippen molar-refractivity contribution in [3.8, 4) is 0 Å². The number of likely N-dealkylation sites (tertiary alicyclic amines) is 1. The molecule has 0 saturated carbocycles. The van der Waals surface area contributed by atoms with Crippen LogP contribution in [-0.4, -0.2) is 29.9 Å². The maximum atomic E-state index is 12.1. The van der Waals surface area contributed by atoms with Gasteiger partial charge in [-0.2, -0.15) is 0 Å². The summed E-state index contributed by atoms with van der Waals surface area (Å²) in [4.78, 5) is 13.9. The largest absolute Gasteiger partial charge is 0.337 e. The molecule has 2 N–H and O–H groups in total. The number of amides is 1. The first-order valence-electron chi connectivity index (χ1n) is 5.07. The molecule has 1 atom stereocenters. The third-order valence-electron chi connectivity index (χ3n) is 2.62. The molecule has 0 bridgehead atoms. The second-order valence-electron chi connectivity index (χ2n) is 3.96. The van der Waals surface area contributed by atoms with E-state index in [1.807, 2.05) is 18.2 Å². The fourth-order valence-electron chi connectivity index (χ4n) is 1.83. The van der Waals surface area contributed by atoms with Crippen molar-refractivity contribution in [1.29, 1.82) is 0 Å². The van der Waals surface area contributed by atoms with Gasteiger partial charge in [0.1, 0.15) is 0 Å². The predicted molar refractivity (Wildman–Crippen MR) is 70.3 cm³/mol. The van der Waals surface area contributed by atoms with Crippen LogP contribution in [0.3, 0.4) is 0 Å². The highest BCUT2D eigenvalue weighted by atomic mass is 79.9. The molecule has 0 unspecified atom stereocenters. The Hall–Kier alpha value is -0.390. The van der Waals surface area contributed by atoms with Gasteiger partial charge in [0.05, 0.1) is 0 Å². The van der Waals surface area contributed by atoms with E-state index in [9.17, 15) is 4.79 Å². The number of carbonyl (C=O) groups is 1. The van der Waals surface area contributed by atoms with Crippen LogP contribution in [0.4, 0.5) is 0 Å². The van der Waals surface area contributed by atoms with Crippen molar-refractivity contribution in [1.82, 2.24) is 4.90 Å². The van der Waals surface area contributed by atoms with Crippen molar-refractivity contribution in [3.63, 3.8) is 0 Å². The smallest absolute Gasteiger partial charge is 0.253 e. The summed E-state index contributed by atoms with van der Waals surface area (Å²) in [7, 11) is 0. The quantitative estimate of drug-likeness (QED) is 0.847. The monoisotopic (exact) mass is 346 g/mol. The Morgan fingerprint density at radius 1 is 1.31 bits per heavy atom. The van der Waals surface area contributed by atoms with Gasteiger partial charge >= 0.3 is 0 Å². The molecule has 1 amide bonds. The van der Waals surface area contributed by atoms with Crippen molar-refractivity contribution in [2.75, 3.05) is 13.1 Å². The van der Waals surface area contributed by atoms with Crippen LogP contribution in [0.5, 0.6) is 0 Å². The van der Waals surface area contributed by atoms with Crippen LogP contribution in [0.2, 0.25) is 0 Å². The maximum Gasteiger partial charge on any atom is 0.253 e. The van der Waals surface area contributed by atoms with Crippen LogP contribution < -0.4 is 5.73 Å². The van der Waals surface area contributed by atoms with Crippen LogP contribution in [0.25, 0.3) is 0 Å². The first-order valence-corrected chi connectivity index (χ1v) is 6.66. The van der Waals surface area contributed by atoms with Gasteiger partial charge in [0.2, 0.25) is 0 Å². The third-order valence-corrected chi connectivity index (χ3v) is 3.54. The molecule has 0 radical (unpaired) electrons. The van der Waals surface area contributed by atoms with Gasteiger partial charge in [-0.1, -0.05) is 31.9 Å². The average molecular weight is 348 g/mol. The number of nitrogens with two attached hydrogens (primary N) is 1. The van der Waals surface area contributed by atoms with E-state index < -0.39 is 0 Å². The number of rotatable bonds is 1. The molecular weight excluding hydrogens is 336 g/mol. The number of halogens is 2. The Kier molecular flexibility index (Phi) is 3.66. The van der Waals surface area contributed by atoms with Crippen LogP contribution in [-0.2, 0) is 0 Å². The Balaban J connectivity index is 2.20. The minimum atomic E-state index is 0.0509. The van der Waals surface area contributed by atoms with Crippen LogP contribution >= 0.6 is 31.9 Å². The zero-order valence-electron chi connectivity index (χ0n) is 8.62. The molecule has 1 heterocycles.